The maximum atomic E-state index is 2.47. The third-order valence-electron chi connectivity index (χ3n) is 7.90. The van der Waals surface area contributed by atoms with Crippen LogP contribution in [0.25, 0.3) is 70.0 Å². The van der Waals surface area contributed by atoms with Gasteiger partial charge in [0.2, 0.25) is 0 Å². The van der Waals surface area contributed by atoms with Crippen molar-refractivity contribution in [2.75, 3.05) is 0 Å². The van der Waals surface area contributed by atoms with E-state index in [1.807, 2.05) is 0 Å². The lowest BCUT2D eigenvalue weighted by Gasteiger charge is -2.08. The van der Waals surface area contributed by atoms with E-state index >= 15 is 0 Å². The van der Waals surface area contributed by atoms with Gasteiger partial charge in [0.05, 0.1) is 0 Å². The van der Waals surface area contributed by atoms with Crippen LogP contribution in [-0.2, 0) is 7.05 Å². The summed E-state index contributed by atoms with van der Waals surface area (Å²) in [6.07, 6.45) is 0. The Hall–Kier alpha value is -4.32. The topological polar surface area (TPSA) is 4.93 Å². The van der Waals surface area contributed by atoms with Crippen molar-refractivity contribution in [1.82, 2.24) is 4.57 Å². The lowest BCUT2D eigenvalue weighted by atomic mass is 9.97. The second-order valence-corrected chi connectivity index (χ2v) is 12.0. The van der Waals surface area contributed by atoms with Crippen molar-refractivity contribution >= 4 is 61.1 Å². The number of fused-ring (bicyclic) bond motifs is 7. The summed E-state index contributed by atoms with van der Waals surface area (Å²) >= 11 is 0. The Kier molecular flexibility index (Phi) is 4.41. The van der Waals surface area contributed by atoms with E-state index in [-0.39, 0.29) is 0 Å². The van der Waals surface area contributed by atoms with Crippen molar-refractivity contribution in [3.63, 3.8) is 0 Å². The molecule has 1 nitrogen and oxygen atoms in total. The molecule has 8 rings (SSSR count). The van der Waals surface area contributed by atoms with E-state index in [2.05, 4.69) is 139 Å². The molecule has 0 radical (unpaired) electrons. The van der Waals surface area contributed by atoms with Crippen molar-refractivity contribution in [1.29, 1.82) is 0 Å². The highest BCUT2D eigenvalue weighted by atomic mass is 31.1. The molecule has 174 valence electrons. The summed E-state index contributed by atoms with van der Waals surface area (Å²) in [6, 6.07) is 47.3. The van der Waals surface area contributed by atoms with Crippen LogP contribution >= 0.6 is 7.53 Å². The number of rotatable bonds is 2. The van der Waals surface area contributed by atoms with Gasteiger partial charge in [0.1, 0.15) is 0 Å². The Morgan fingerprint density at radius 3 is 2.11 bits per heavy atom. The van der Waals surface area contributed by atoms with Gasteiger partial charge in [-0.05, 0) is 62.2 Å². The van der Waals surface area contributed by atoms with Crippen LogP contribution in [0.4, 0.5) is 0 Å². The zero-order valence-corrected chi connectivity index (χ0v) is 21.4. The molecule has 2 heteroatoms. The van der Waals surface area contributed by atoms with Crippen molar-refractivity contribution in [3.8, 4) is 16.4 Å². The Morgan fingerprint density at radius 1 is 0.514 bits per heavy atom. The molecule has 0 aliphatic carbocycles. The molecule has 8 aromatic rings. The number of hydrogen-bond acceptors (Lipinski definition) is 0. The van der Waals surface area contributed by atoms with Crippen molar-refractivity contribution in [3.05, 3.63) is 127 Å². The van der Waals surface area contributed by atoms with Gasteiger partial charge >= 0.3 is 0 Å². The van der Waals surface area contributed by atoms with Crippen LogP contribution in [0, 0.1) is 0 Å². The maximum Gasteiger partial charge on any atom is 0.0495 e. The first kappa shape index (κ1) is 20.8. The fourth-order valence-corrected chi connectivity index (χ4v) is 8.83. The van der Waals surface area contributed by atoms with Crippen LogP contribution in [0.5, 0.6) is 0 Å². The minimum atomic E-state index is -0.580. The summed E-state index contributed by atoms with van der Waals surface area (Å²) in [5.74, 6) is 0. The van der Waals surface area contributed by atoms with Gasteiger partial charge in [-0.15, -0.1) is 0 Å². The molecule has 2 heterocycles. The van der Waals surface area contributed by atoms with Gasteiger partial charge in [-0.2, -0.15) is 0 Å². The summed E-state index contributed by atoms with van der Waals surface area (Å²) in [6.45, 7) is 0. The van der Waals surface area contributed by atoms with Gasteiger partial charge in [0.15, 0.2) is 0 Å². The number of hydrogen-bond donors (Lipinski definition) is 0. The summed E-state index contributed by atoms with van der Waals surface area (Å²) in [5.41, 5.74) is 5.15. The molecule has 2 aromatic heterocycles. The monoisotopic (exact) mass is 489 g/mol. The van der Waals surface area contributed by atoms with Gasteiger partial charge in [-0.3, -0.25) is 0 Å². The summed E-state index contributed by atoms with van der Waals surface area (Å²) in [7, 11) is 1.61. The molecule has 0 bridgehead atoms. The Morgan fingerprint density at radius 2 is 1.24 bits per heavy atom. The molecule has 1 atom stereocenters. The van der Waals surface area contributed by atoms with E-state index in [0.29, 0.717) is 0 Å². The molecule has 0 spiro atoms. The smallest absolute Gasteiger partial charge is 0.0495 e. The number of aryl methyl sites for hydroxylation is 1. The molecular formula is C35H24NP. The van der Waals surface area contributed by atoms with E-state index in [1.54, 1.807) is 0 Å². The number of aromatic nitrogens is 1. The second kappa shape index (κ2) is 7.84. The molecule has 0 amide bonds. The zero-order chi connectivity index (χ0) is 24.5. The summed E-state index contributed by atoms with van der Waals surface area (Å²) in [4.78, 5) is 0. The number of nitrogens with zero attached hydrogens (tertiary/aromatic N) is 1. The third-order valence-corrected chi connectivity index (χ3v) is 10.4. The highest BCUT2D eigenvalue weighted by Crippen LogP contribution is 2.55. The third kappa shape index (κ3) is 2.99. The normalized spacial score (nSPS) is 12.4. The van der Waals surface area contributed by atoms with Crippen molar-refractivity contribution in [2.24, 2.45) is 7.05 Å². The van der Waals surface area contributed by atoms with E-state index in [4.69, 9.17) is 0 Å². The Balaban J connectivity index is 1.47. The molecule has 0 saturated carbocycles. The van der Waals surface area contributed by atoms with Gasteiger partial charge in [0.25, 0.3) is 0 Å². The first-order valence-corrected chi connectivity index (χ1v) is 14.1. The van der Waals surface area contributed by atoms with Crippen LogP contribution in [-0.4, -0.2) is 4.57 Å². The predicted molar refractivity (Wildman–Crippen MR) is 162 cm³/mol. The molecule has 0 fully saturated rings. The average molecular weight is 490 g/mol. The van der Waals surface area contributed by atoms with Crippen LogP contribution < -0.4 is 0 Å². The quantitative estimate of drug-likeness (QED) is 0.228. The first-order valence-electron chi connectivity index (χ1n) is 12.8. The van der Waals surface area contributed by atoms with Crippen molar-refractivity contribution in [2.45, 2.75) is 0 Å². The van der Waals surface area contributed by atoms with Crippen LogP contribution in [0.15, 0.2) is 127 Å². The highest BCUT2D eigenvalue weighted by molar-refractivity contribution is 7.67. The molecule has 0 aliphatic heterocycles. The average Bonchev–Trinajstić information content (AvgIpc) is 3.44. The van der Waals surface area contributed by atoms with Crippen LogP contribution in [0.1, 0.15) is 0 Å². The molecule has 0 saturated heterocycles. The molecule has 0 aliphatic rings. The minimum absolute atomic E-state index is 0.580. The van der Waals surface area contributed by atoms with Crippen molar-refractivity contribution < 1.29 is 0 Å². The minimum Gasteiger partial charge on any atom is -0.344 e. The second-order valence-electron chi connectivity index (χ2n) is 9.90. The standard InChI is InChI=1S/C35H24NP/c1-36-31-16-9-15-27(35(31)30-20-23-10-5-6-11-24(23)21-32(30)36)25-18-19-29-28-14-7-8-17-33(28)37(34(29)22-25)26-12-3-2-4-13-26/h2-22H,1H3. The fraction of sp³-hybridized carbons (Fsp3) is 0.0286. The lowest BCUT2D eigenvalue weighted by molar-refractivity contribution is 1.02. The Bertz CT molecular complexity index is 2140. The van der Waals surface area contributed by atoms with E-state index in [0.717, 1.165) is 0 Å². The Labute approximate surface area is 216 Å². The largest absolute Gasteiger partial charge is 0.344 e. The van der Waals surface area contributed by atoms with Crippen LogP contribution in [0.2, 0.25) is 0 Å². The fourth-order valence-electron chi connectivity index (χ4n) is 6.17. The SMILES string of the molecule is Cn1c2cc3ccccc3cc2c2c(-c3ccc4c5ccccc5p(-c5ccccc5)c4c3)cccc21. The summed E-state index contributed by atoms with van der Waals surface area (Å²) < 4.78 is 2.35. The summed E-state index contributed by atoms with van der Waals surface area (Å²) in [5, 5.41) is 12.3. The highest BCUT2D eigenvalue weighted by Gasteiger charge is 2.17. The van der Waals surface area contributed by atoms with E-state index < -0.39 is 7.53 Å². The van der Waals surface area contributed by atoms with E-state index in [1.165, 1.54) is 70.0 Å². The van der Waals surface area contributed by atoms with Gasteiger partial charge in [0, 0.05) is 39.1 Å². The van der Waals surface area contributed by atoms with Gasteiger partial charge < -0.3 is 4.57 Å². The number of benzene rings is 6. The predicted octanol–water partition coefficient (Wildman–Crippen LogP) is 10.4. The first-order chi connectivity index (χ1) is 18.3. The van der Waals surface area contributed by atoms with E-state index in [9.17, 15) is 0 Å². The van der Waals surface area contributed by atoms with Gasteiger partial charge in [-0.1, -0.05) is 111 Å². The van der Waals surface area contributed by atoms with Crippen LogP contribution in [0.3, 0.4) is 0 Å². The van der Waals surface area contributed by atoms with Gasteiger partial charge in [-0.25, -0.2) is 0 Å². The zero-order valence-electron chi connectivity index (χ0n) is 20.5. The molecule has 1 unspecified atom stereocenters. The molecule has 37 heavy (non-hydrogen) atoms. The maximum absolute atomic E-state index is 2.47. The molecule has 0 N–H and O–H groups in total. The lowest BCUT2D eigenvalue weighted by Crippen LogP contribution is -1.86. The molecule has 6 aromatic carbocycles. The molecular weight excluding hydrogens is 465 g/mol.